The average Bonchev–Trinajstić information content (AvgIpc) is 2.60. The lowest BCUT2D eigenvalue weighted by Gasteiger charge is -2.45. The molecule has 0 aliphatic heterocycles. The lowest BCUT2D eigenvalue weighted by atomic mass is 9.74. The number of ether oxygens (including phenoxy) is 1. The summed E-state index contributed by atoms with van der Waals surface area (Å²) < 4.78 is 18.9. The van der Waals surface area contributed by atoms with Crippen molar-refractivity contribution >= 4 is 12.0 Å². The number of amides is 2. The average molecular weight is 408 g/mol. The predicted octanol–water partition coefficient (Wildman–Crippen LogP) is 3.56. The van der Waals surface area contributed by atoms with Crippen molar-refractivity contribution in [1.82, 2.24) is 15.5 Å². The van der Waals surface area contributed by atoms with Crippen LogP contribution in [-0.2, 0) is 15.1 Å². The molecule has 0 unspecified atom stereocenters. The molecule has 162 valence electrons. The summed E-state index contributed by atoms with van der Waals surface area (Å²) in [5.41, 5.74) is 0.199. The highest BCUT2D eigenvalue weighted by molar-refractivity contribution is 5.77. The van der Waals surface area contributed by atoms with E-state index in [4.69, 9.17) is 4.74 Å². The molecular weight excluding hydrogens is 373 g/mol. The standard InChI is InChI=1S/C22H34FN3O3/c1-21(2,3)29-20(28)24-14-11-19(27)25-18-9-12-22(13-10-18,26(4)5)16-7-6-8-17(23)15-16/h6-8,15,18H,9-14H2,1-5H3,(H,24,28)(H,25,27). The quantitative estimate of drug-likeness (QED) is 0.757. The van der Waals surface area contributed by atoms with Gasteiger partial charge in [-0.05, 0) is 78.2 Å². The fourth-order valence-electron chi connectivity index (χ4n) is 3.90. The first-order chi connectivity index (χ1) is 13.5. The van der Waals surface area contributed by atoms with Crippen LogP contribution in [0.3, 0.4) is 0 Å². The molecule has 2 rings (SSSR count). The predicted molar refractivity (Wildman–Crippen MR) is 111 cm³/mol. The van der Waals surface area contributed by atoms with Crippen LogP contribution in [0.15, 0.2) is 24.3 Å². The summed E-state index contributed by atoms with van der Waals surface area (Å²) in [6, 6.07) is 6.89. The van der Waals surface area contributed by atoms with Gasteiger partial charge in [0.05, 0.1) is 0 Å². The topological polar surface area (TPSA) is 70.7 Å². The third-order valence-electron chi connectivity index (χ3n) is 5.42. The maximum Gasteiger partial charge on any atom is 0.407 e. The molecule has 0 spiro atoms. The Labute approximate surface area is 173 Å². The van der Waals surface area contributed by atoms with Gasteiger partial charge in [0.15, 0.2) is 0 Å². The molecule has 1 aliphatic rings. The Morgan fingerprint density at radius 1 is 1.24 bits per heavy atom. The summed E-state index contributed by atoms with van der Waals surface area (Å²) in [6.45, 7) is 5.61. The number of alkyl carbamates (subject to hydrolysis) is 1. The molecular formula is C22H34FN3O3. The van der Waals surface area contributed by atoms with Gasteiger partial charge in [-0.2, -0.15) is 0 Å². The normalized spacial score (nSPS) is 22.2. The molecule has 0 bridgehead atoms. The molecule has 1 aromatic carbocycles. The van der Waals surface area contributed by atoms with E-state index >= 15 is 0 Å². The van der Waals surface area contributed by atoms with Crippen LogP contribution in [0.4, 0.5) is 9.18 Å². The number of benzene rings is 1. The Morgan fingerprint density at radius 2 is 1.90 bits per heavy atom. The third-order valence-corrected chi connectivity index (χ3v) is 5.42. The van der Waals surface area contributed by atoms with Crippen LogP contribution in [0, 0.1) is 5.82 Å². The minimum absolute atomic E-state index is 0.0886. The molecule has 6 nitrogen and oxygen atoms in total. The molecule has 1 aromatic rings. The van der Waals surface area contributed by atoms with E-state index in [1.165, 1.54) is 6.07 Å². The molecule has 1 aliphatic carbocycles. The van der Waals surface area contributed by atoms with Crippen molar-refractivity contribution < 1.29 is 18.7 Å². The second kappa shape index (κ2) is 9.57. The maximum absolute atomic E-state index is 13.8. The highest BCUT2D eigenvalue weighted by atomic mass is 19.1. The number of hydrogen-bond acceptors (Lipinski definition) is 4. The van der Waals surface area contributed by atoms with E-state index in [9.17, 15) is 14.0 Å². The van der Waals surface area contributed by atoms with E-state index in [1.807, 2.05) is 20.2 Å². The van der Waals surface area contributed by atoms with E-state index < -0.39 is 11.7 Å². The lowest BCUT2D eigenvalue weighted by Crippen LogP contribution is -2.49. The highest BCUT2D eigenvalue weighted by Crippen LogP contribution is 2.41. The van der Waals surface area contributed by atoms with Crippen molar-refractivity contribution in [3.8, 4) is 0 Å². The fourth-order valence-corrected chi connectivity index (χ4v) is 3.90. The van der Waals surface area contributed by atoms with Crippen molar-refractivity contribution in [2.75, 3.05) is 20.6 Å². The number of nitrogens with one attached hydrogen (secondary N) is 2. The Balaban J connectivity index is 1.82. The van der Waals surface area contributed by atoms with E-state index in [1.54, 1.807) is 32.9 Å². The maximum atomic E-state index is 13.8. The zero-order chi connectivity index (χ0) is 21.7. The molecule has 0 heterocycles. The Kier molecular flexibility index (Phi) is 7.63. The molecule has 2 N–H and O–H groups in total. The van der Waals surface area contributed by atoms with Crippen LogP contribution in [-0.4, -0.2) is 49.2 Å². The molecule has 1 saturated carbocycles. The Morgan fingerprint density at radius 3 is 2.45 bits per heavy atom. The first-order valence-corrected chi connectivity index (χ1v) is 10.2. The second-order valence-electron chi connectivity index (χ2n) is 8.96. The van der Waals surface area contributed by atoms with Crippen molar-refractivity contribution in [1.29, 1.82) is 0 Å². The lowest BCUT2D eigenvalue weighted by molar-refractivity contribution is -0.122. The van der Waals surface area contributed by atoms with Gasteiger partial charge in [-0.15, -0.1) is 0 Å². The Bertz CT molecular complexity index is 707. The summed E-state index contributed by atoms with van der Waals surface area (Å²) in [5.74, 6) is -0.314. The first kappa shape index (κ1) is 23.1. The largest absolute Gasteiger partial charge is 0.444 e. The molecule has 1 fully saturated rings. The van der Waals surface area contributed by atoms with E-state index in [2.05, 4.69) is 15.5 Å². The summed E-state index contributed by atoms with van der Waals surface area (Å²) >= 11 is 0. The van der Waals surface area contributed by atoms with Crippen LogP contribution in [0.5, 0.6) is 0 Å². The van der Waals surface area contributed by atoms with Gasteiger partial charge in [0.2, 0.25) is 5.91 Å². The van der Waals surface area contributed by atoms with Crippen molar-refractivity contribution in [3.63, 3.8) is 0 Å². The monoisotopic (exact) mass is 407 g/mol. The summed E-state index contributed by atoms with van der Waals surface area (Å²) in [5, 5.41) is 5.65. The van der Waals surface area contributed by atoms with Gasteiger partial charge in [0, 0.05) is 24.5 Å². The van der Waals surface area contributed by atoms with Gasteiger partial charge >= 0.3 is 6.09 Å². The van der Waals surface area contributed by atoms with Gasteiger partial charge in [0.1, 0.15) is 11.4 Å². The zero-order valence-corrected chi connectivity index (χ0v) is 18.2. The van der Waals surface area contributed by atoms with Crippen LogP contribution < -0.4 is 10.6 Å². The molecule has 29 heavy (non-hydrogen) atoms. The van der Waals surface area contributed by atoms with Gasteiger partial charge in [-0.1, -0.05) is 12.1 Å². The number of nitrogens with zero attached hydrogens (tertiary/aromatic N) is 1. The third kappa shape index (κ3) is 6.70. The zero-order valence-electron chi connectivity index (χ0n) is 18.2. The molecule has 2 amide bonds. The van der Waals surface area contributed by atoms with E-state index in [0.29, 0.717) is 0 Å². The van der Waals surface area contributed by atoms with Crippen LogP contribution in [0.25, 0.3) is 0 Å². The van der Waals surface area contributed by atoms with Gasteiger partial charge in [-0.3, -0.25) is 9.69 Å². The Hall–Kier alpha value is -2.15. The minimum Gasteiger partial charge on any atom is -0.444 e. The minimum atomic E-state index is -0.560. The summed E-state index contributed by atoms with van der Waals surface area (Å²) in [6.07, 6.45) is 3.00. The second-order valence-corrected chi connectivity index (χ2v) is 8.96. The van der Waals surface area contributed by atoms with Gasteiger partial charge < -0.3 is 15.4 Å². The number of hydrogen-bond donors (Lipinski definition) is 2. The molecule has 0 saturated heterocycles. The van der Waals surface area contributed by atoms with Crippen LogP contribution in [0.1, 0.15) is 58.4 Å². The van der Waals surface area contributed by atoms with Crippen molar-refractivity contribution in [3.05, 3.63) is 35.6 Å². The molecule has 0 atom stereocenters. The SMILES string of the molecule is CN(C)C1(c2cccc(F)c2)CCC(NC(=O)CCNC(=O)OC(C)(C)C)CC1. The van der Waals surface area contributed by atoms with Gasteiger partial charge in [0.25, 0.3) is 0 Å². The van der Waals surface area contributed by atoms with E-state index in [0.717, 1.165) is 31.2 Å². The fraction of sp³-hybridized carbons (Fsp3) is 0.636. The molecule has 0 radical (unpaired) electrons. The molecule has 0 aromatic heterocycles. The van der Waals surface area contributed by atoms with Crippen molar-refractivity contribution in [2.24, 2.45) is 0 Å². The first-order valence-electron chi connectivity index (χ1n) is 10.2. The number of halogens is 1. The van der Waals surface area contributed by atoms with Crippen LogP contribution >= 0.6 is 0 Å². The van der Waals surface area contributed by atoms with Gasteiger partial charge in [-0.25, -0.2) is 9.18 Å². The number of carbonyl (C=O) groups is 2. The van der Waals surface area contributed by atoms with Crippen LogP contribution in [0.2, 0.25) is 0 Å². The number of rotatable bonds is 6. The van der Waals surface area contributed by atoms with E-state index in [-0.39, 0.29) is 36.3 Å². The summed E-state index contributed by atoms with van der Waals surface area (Å²) in [7, 11) is 4.04. The molecule has 7 heteroatoms. The highest BCUT2D eigenvalue weighted by Gasteiger charge is 2.39. The smallest absolute Gasteiger partial charge is 0.407 e. The number of carbonyl (C=O) groups excluding carboxylic acids is 2. The van der Waals surface area contributed by atoms with Crippen molar-refractivity contribution in [2.45, 2.75) is 70.1 Å². The summed E-state index contributed by atoms with van der Waals surface area (Å²) in [4.78, 5) is 26.0.